The molecule has 0 amide bonds. The van der Waals surface area contributed by atoms with Gasteiger partial charge in [0.1, 0.15) is 11.9 Å². The van der Waals surface area contributed by atoms with Crippen LogP contribution in [-0.2, 0) is 19.7 Å². The van der Waals surface area contributed by atoms with Crippen LogP contribution in [0.5, 0.6) is 0 Å². The first-order valence-electron chi connectivity index (χ1n) is 15.2. The summed E-state index contributed by atoms with van der Waals surface area (Å²) in [7, 11) is 0. The lowest BCUT2D eigenvalue weighted by Crippen LogP contribution is -2.38. The molecule has 0 atom stereocenters. The number of aliphatic carboxylic acids is 2. The summed E-state index contributed by atoms with van der Waals surface area (Å²) in [4.78, 5) is 26.2. The predicted molar refractivity (Wildman–Crippen MR) is 172 cm³/mol. The number of rotatable bonds is 11. The van der Waals surface area contributed by atoms with Crippen LogP contribution in [0.4, 0.5) is 5.82 Å². The lowest BCUT2D eigenvalue weighted by Gasteiger charge is -2.34. The zero-order valence-corrected chi connectivity index (χ0v) is 26.0. The third-order valence-corrected chi connectivity index (χ3v) is 7.27. The van der Waals surface area contributed by atoms with E-state index in [1.807, 2.05) is 12.1 Å². The number of benzene rings is 2. The van der Waals surface area contributed by atoms with Gasteiger partial charge in [0.2, 0.25) is 0 Å². The number of hydrogen-bond acceptors (Lipinski definition) is 8. The van der Waals surface area contributed by atoms with Crippen LogP contribution in [0.15, 0.2) is 84.9 Å². The monoisotopic (exact) mass is 614 g/mol. The third kappa shape index (κ3) is 10.5. The Balaban J connectivity index is 0.000000510. The molecule has 238 valence electrons. The SMILES string of the molecule is CC(C)(C)c1nc2ccc(NCCCN3CCC(OC(c4ccccc4)c4ccccc4)CC3)nn2n1.O=C(O)C=CC(=O)O. The van der Waals surface area contributed by atoms with Gasteiger partial charge in [-0.25, -0.2) is 14.6 Å². The molecular formula is C34H42N6O5. The summed E-state index contributed by atoms with van der Waals surface area (Å²) in [6.07, 6.45) is 4.56. The number of carbonyl (C=O) groups is 2. The van der Waals surface area contributed by atoms with E-state index < -0.39 is 11.9 Å². The van der Waals surface area contributed by atoms with Gasteiger partial charge in [-0.1, -0.05) is 81.4 Å². The maximum atomic E-state index is 9.55. The molecule has 0 bridgehead atoms. The van der Waals surface area contributed by atoms with Crippen LogP contribution < -0.4 is 5.32 Å². The highest BCUT2D eigenvalue weighted by atomic mass is 16.5. The van der Waals surface area contributed by atoms with Crippen molar-refractivity contribution in [1.29, 1.82) is 0 Å². The first-order valence-corrected chi connectivity index (χ1v) is 15.2. The zero-order valence-electron chi connectivity index (χ0n) is 26.0. The Bertz CT molecular complexity index is 1490. The quantitative estimate of drug-likeness (QED) is 0.152. The summed E-state index contributed by atoms with van der Waals surface area (Å²) < 4.78 is 8.32. The zero-order chi connectivity index (χ0) is 32.2. The van der Waals surface area contributed by atoms with E-state index in [0.29, 0.717) is 12.2 Å². The molecule has 2 aromatic heterocycles. The normalized spacial score (nSPS) is 14.4. The number of ether oxygens (including phenoxy) is 1. The standard InChI is InChI=1S/C30H38N6O.C4H4O4/c1-30(2,3)29-32-27-16-15-26(33-36(27)34-29)31-19-10-20-35-21-17-25(18-22-35)37-28(23-11-6-4-7-12-23)24-13-8-5-9-14-24;5-3(6)1-2-4(7)8/h4-9,11-16,25,28H,10,17-22H2,1-3H3,(H,31,33);1-2H,(H,5,6)(H,7,8). The number of carboxylic acids is 2. The van der Waals surface area contributed by atoms with E-state index in [4.69, 9.17) is 14.9 Å². The van der Waals surface area contributed by atoms with E-state index >= 15 is 0 Å². The van der Waals surface area contributed by atoms with Gasteiger partial charge < -0.3 is 25.2 Å². The molecule has 0 aliphatic carbocycles. The first kappa shape index (κ1) is 33.3. The molecule has 1 aliphatic heterocycles. The number of piperidine rings is 1. The van der Waals surface area contributed by atoms with Gasteiger partial charge in [0.15, 0.2) is 11.5 Å². The first-order chi connectivity index (χ1) is 21.6. The topological polar surface area (TPSA) is 142 Å². The second-order valence-corrected chi connectivity index (χ2v) is 11.9. The van der Waals surface area contributed by atoms with Crippen LogP contribution in [0.2, 0.25) is 0 Å². The van der Waals surface area contributed by atoms with Crippen LogP contribution in [0.1, 0.15) is 63.1 Å². The lowest BCUT2D eigenvalue weighted by molar-refractivity contribution is -0.134. The molecule has 11 nitrogen and oxygen atoms in total. The minimum atomic E-state index is -1.26. The number of carboxylic acid groups (broad SMARTS) is 2. The van der Waals surface area contributed by atoms with Crippen LogP contribution in [0.25, 0.3) is 5.65 Å². The van der Waals surface area contributed by atoms with E-state index in [9.17, 15) is 9.59 Å². The van der Waals surface area contributed by atoms with Crippen LogP contribution in [0.3, 0.4) is 0 Å². The maximum Gasteiger partial charge on any atom is 0.328 e. The Morgan fingerprint density at radius 1 is 0.911 bits per heavy atom. The van der Waals surface area contributed by atoms with Crippen molar-refractivity contribution in [3.8, 4) is 0 Å². The molecule has 0 radical (unpaired) electrons. The molecule has 4 aromatic rings. The highest BCUT2D eigenvalue weighted by Crippen LogP contribution is 2.30. The van der Waals surface area contributed by atoms with Gasteiger partial charge in [-0.2, -0.15) is 0 Å². The number of aromatic nitrogens is 4. The van der Waals surface area contributed by atoms with Crippen molar-refractivity contribution in [2.24, 2.45) is 0 Å². The Morgan fingerprint density at radius 2 is 1.49 bits per heavy atom. The molecule has 1 saturated heterocycles. The fourth-order valence-electron chi connectivity index (χ4n) is 4.92. The van der Waals surface area contributed by atoms with E-state index in [2.05, 4.69) is 107 Å². The van der Waals surface area contributed by atoms with Crippen molar-refractivity contribution in [3.63, 3.8) is 0 Å². The van der Waals surface area contributed by atoms with Gasteiger partial charge in [-0.05, 0) is 49.1 Å². The lowest BCUT2D eigenvalue weighted by atomic mass is 9.96. The number of likely N-dealkylation sites (tertiary alicyclic amines) is 1. The summed E-state index contributed by atoms with van der Waals surface area (Å²) in [5.41, 5.74) is 3.12. The van der Waals surface area contributed by atoms with Crippen LogP contribution in [-0.4, -0.2) is 79.1 Å². The van der Waals surface area contributed by atoms with E-state index in [1.165, 1.54) is 11.1 Å². The molecule has 0 saturated carbocycles. The number of anilines is 1. The van der Waals surface area contributed by atoms with Gasteiger partial charge in [-0.15, -0.1) is 14.8 Å². The summed E-state index contributed by atoms with van der Waals surface area (Å²) >= 11 is 0. The highest BCUT2D eigenvalue weighted by Gasteiger charge is 2.24. The molecule has 1 aliphatic rings. The number of nitrogens with one attached hydrogen (secondary N) is 1. The summed E-state index contributed by atoms with van der Waals surface area (Å²) in [5.74, 6) is -0.874. The average molecular weight is 615 g/mol. The van der Waals surface area contributed by atoms with E-state index in [-0.39, 0.29) is 17.6 Å². The van der Waals surface area contributed by atoms with Crippen molar-refractivity contribution < 1.29 is 24.5 Å². The van der Waals surface area contributed by atoms with E-state index in [0.717, 1.165) is 62.7 Å². The second-order valence-electron chi connectivity index (χ2n) is 11.9. The molecule has 0 spiro atoms. The van der Waals surface area contributed by atoms with Crippen molar-refractivity contribution in [2.75, 3.05) is 31.5 Å². The number of fused-ring (bicyclic) bond motifs is 1. The molecular weight excluding hydrogens is 572 g/mol. The van der Waals surface area contributed by atoms with Crippen LogP contribution >= 0.6 is 0 Å². The molecule has 5 rings (SSSR count). The Morgan fingerprint density at radius 3 is 2.02 bits per heavy atom. The molecule has 1 fully saturated rings. The minimum Gasteiger partial charge on any atom is -0.478 e. The molecule has 0 unspecified atom stereocenters. The van der Waals surface area contributed by atoms with Gasteiger partial charge in [0.05, 0.1) is 6.10 Å². The molecule has 11 heteroatoms. The smallest absolute Gasteiger partial charge is 0.328 e. The summed E-state index contributed by atoms with van der Waals surface area (Å²) in [6, 6.07) is 25.1. The van der Waals surface area contributed by atoms with Gasteiger partial charge in [0, 0.05) is 37.2 Å². The van der Waals surface area contributed by atoms with Crippen LogP contribution in [0, 0.1) is 0 Å². The molecule has 2 aromatic carbocycles. The fourth-order valence-corrected chi connectivity index (χ4v) is 4.92. The van der Waals surface area contributed by atoms with E-state index in [1.54, 1.807) is 4.63 Å². The number of hydrogen-bond donors (Lipinski definition) is 3. The predicted octanol–water partition coefficient (Wildman–Crippen LogP) is 5.21. The van der Waals surface area contributed by atoms with Crippen molar-refractivity contribution in [3.05, 3.63) is 102 Å². The largest absolute Gasteiger partial charge is 0.478 e. The van der Waals surface area contributed by atoms with Gasteiger partial charge in [-0.3, -0.25) is 0 Å². The third-order valence-electron chi connectivity index (χ3n) is 7.27. The highest BCUT2D eigenvalue weighted by molar-refractivity contribution is 5.89. The fraction of sp³-hybridized carbons (Fsp3) is 0.382. The maximum absolute atomic E-state index is 9.55. The second kappa shape index (κ2) is 15.9. The number of nitrogens with zero attached hydrogens (tertiary/aromatic N) is 5. The molecule has 3 heterocycles. The van der Waals surface area contributed by atoms with Gasteiger partial charge in [0.25, 0.3) is 0 Å². The molecule has 3 N–H and O–H groups in total. The Kier molecular flexibility index (Phi) is 11.8. The van der Waals surface area contributed by atoms with Crippen molar-refractivity contribution in [1.82, 2.24) is 24.7 Å². The minimum absolute atomic E-state index is 0.0162. The van der Waals surface area contributed by atoms with Crippen molar-refractivity contribution in [2.45, 2.75) is 57.7 Å². The summed E-state index contributed by atoms with van der Waals surface area (Å²) in [6.45, 7) is 10.4. The summed E-state index contributed by atoms with van der Waals surface area (Å²) in [5, 5.41) is 28.2. The molecule has 45 heavy (non-hydrogen) atoms. The average Bonchev–Trinajstić information content (AvgIpc) is 3.47. The Labute approximate surface area is 263 Å². The Hall–Kier alpha value is -4.61. The van der Waals surface area contributed by atoms with Crippen molar-refractivity contribution >= 4 is 23.4 Å². The van der Waals surface area contributed by atoms with Gasteiger partial charge >= 0.3 is 11.9 Å².